The molecule has 0 unspecified atom stereocenters. The van der Waals surface area contributed by atoms with E-state index in [0.717, 1.165) is 17.2 Å². The van der Waals surface area contributed by atoms with Crippen molar-refractivity contribution in [3.63, 3.8) is 0 Å². The molecule has 0 amide bonds. The molecule has 2 aromatic rings. The zero-order valence-electron chi connectivity index (χ0n) is 11.8. The SMILES string of the molecule is Fc1ccc(CNc2cc(NC3CCCC3)ncn2)cc1. The number of hydrogen-bond donors (Lipinski definition) is 2. The molecule has 1 heterocycles. The Balaban J connectivity index is 1.58. The Bertz CT molecular complexity index is 579. The largest absolute Gasteiger partial charge is 0.367 e. The lowest BCUT2D eigenvalue weighted by molar-refractivity contribution is 0.627. The standard InChI is InChI=1S/C16H19FN4/c17-13-7-5-12(6-8-13)10-18-15-9-16(20-11-19-15)21-14-3-1-2-4-14/h5-9,11,14H,1-4,10H2,(H2,18,19,20,21). The number of hydrogen-bond acceptors (Lipinski definition) is 4. The molecular weight excluding hydrogens is 267 g/mol. The van der Waals surface area contributed by atoms with Crippen LogP contribution in [0.2, 0.25) is 0 Å². The number of benzene rings is 1. The molecule has 1 aliphatic carbocycles. The van der Waals surface area contributed by atoms with E-state index in [9.17, 15) is 4.39 Å². The van der Waals surface area contributed by atoms with E-state index in [2.05, 4.69) is 20.6 Å². The van der Waals surface area contributed by atoms with Gasteiger partial charge in [0.1, 0.15) is 23.8 Å². The van der Waals surface area contributed by atoms with Crippen molar-refractivity contribution in [2.45, 2.75) is 38.3 Å². The van der Waals surface area contributed by atoms with Gasteiger partial charge < -0.3 is 10.6 Å². The van der Waals surface area contributed by atoms with Crippen LogP contribution in [0.4, 0.5) is 16.0 Å². The van der Waals surface area contributed by atoms with E-state index < -0.39 is 0 Å². The van der Waals surface area contributed by atoms with Crippen molar-refractivity contribution in [2.24, 2.45) is 0 Å². The van der Waals surface area contributed by atoms with Gasteiger partial charge in [0.05, 0.1) is 0 Å². The Kier molecular flexibility index (Phi) is 4.28. The molecule has 0 saturated heterocycles. The molecule has 0 radical (unpaired) electrons. The van der Waals surface area contributed by atoms with Crippen molar-refractivity contribution >= 4 is 11.6 Å². The van der Waals surface area contributed by atoms with Crippen molar-refractivity contribution in [2.75, 3.05) is 10.6 Å². The third-order valence-corrected chi connectivity index (χ3v) is 3.76. The lowest BCUT2D eigenvalue weighted by atomic mass is 10.2. The maximum absolute atomic E-state index is 12.8. The molecule has 1 aliphatic rings. The second-order valence-corrected chi connectivity index (χ2v) is 5.39. The van der Waals surface area contributed by atoms with Crippen molar-refractivity contribution in [1.82, 2.24) is 9.97 Å². The molecule has 1 saturated carbocycles. The maximum Gasteiger partial charge on any atom is 0.131 e. The van der Waals surface area contributed by atoms with Crippen LogP contribution >= 0.6 is 0 Å². The number of rotatable bonds is 5. The summed E-state index contributed by atoms with van der Waals surface area (Å²) >= 11 is 0. The first-order chi connectivity index (χ1) is 10.3. The summed E-state index contributed by atoms with van der Waals surface area (Å²) in [4.78, 5) is 8.47. The summed E-state index contributed by atoms with van der Waals surface area (Å²) in [7, 11) is 0. The molecule has 110 valence electrons. The fourth-order valence-electron chi connectivity index (χ4n) is 2.61. The second kappa shape index (κ2) is 6.52. The van der Waals surface area contributed by atoms with Crippen molar-refractivity contribution in [3.8, 4) is 0 Å². The van der Waals surface area contributed by atoms with E-state index in [1.54, 1.807) is 18.5 Å². The summed E-state index contributed by atoms with van der Waals surface area (Å²) in [5, 5.41) is 6.68. The molecule has 1 aromatic heterocycles. The van der Waals surface area contributed by atoms with Gasteiger partial charge in [-0.25, -0.2) is 14.4 Å². The fraction of sp³-hybridized carbons (Fsp3) is 0.375. The second-order valence-electron chi connectivity index (χ2n) is 5.39. The Morgan fingerprint density at radius 3 is 2.52 bits per heavy atom. The molecular formula is C16H19FN4. The minimum Gasteiger partial charge on any atom is -0.367 e. The molecule has 5 heteroatoms. The van der Waals surface area contributed by atoms with Crippen LogP contribution in [0.15, 0.2) is 36.7 Å². The predicted octanol–water partition coefficient (Wildman–Crippen LogP) is 3.58. The molecule has 2 N–H and O–H groups in total. The number of aromatic nitrogens is 2. The molecule has 1 fully saturated rings. The van der Waals surface area contributed by atoms with Gasteiger partial charge in [-0.2, -0.15) is 0 Å². The number of nitrogens with one attached hydrogen (secondary N) is 2. The lowest BCUT2D eigenvalue weighted by Gasteiger charge is -2.13. The minimum atomic E-state index is -0.219. The zero-order valence-corrected chi connectivity index (χ0v) is 11.8. The number of halogens is 1. The first-order valence-electron chi connectivity index (χ1n) is 7.36. The molecule has 0 atom stereocenters. The van der Waals surface area contributed by atoms with E-state index in [-0.39, 0.29) is 5.82 Å². The number of anilines is 2. The van der Waals surface area contributed by atoms with Crippen LogP contribution in [0.5, 0.6) is 0 Å². The van der Waals surface area contributed by atoms with Crippen LogP contribution in [0.3, 0.4) is 0 Å². The van der Waals surface area contributed by atoms with E-state index in [1.807, 2.05) is 6.07 Å². The van der Waals surface area contributed by atoms with Gasteiger partial charge >= 0.3 is 0 Å². The molecule has 0 spiro atoms. The van der Waals surface area contributed by atoms with E-state index in [4.69, 9.17) is 0 Å². The highest BCUT2D eigenvalue weighted by molar-refractivity contribution is 5.47. The first-order valence-corrected chi connectivity index (χ1v) is 7.36. The molecule has 4 nitrogen and oxygen atoms in total. The van der Waals surface area contributed by atoms with E-state index >= 15 is 0 Å². The highest BCUT2D eigenvalue weighted by atomic mass is 19.1. The maximum atomic E-state index is 12.8. The van der Waals surface area contributed by atoms with Crippen LogP contribution in [-0.2, 0) is 6.54 Å². The van der Waals surface area contributed by atoms with E-state index in [0.29, 0.717) is 12.6 Å². The minimum absolute atomic E-state index is 0.219. The molecule has 0 aliphatic heterocycles. The summed E-state index contributed by atoms with van der Waals surface area (Å²) in [6.45, 7) is 0.611. The molecule has 3 rings (SSSR count). The summed E-state index contributed by atoms with van der Waals surface area (Å²) in [6, 6.07) is 8.91. The fourth-order valence-corrected chi connectivity index (χ4v) is 2.61. The van der Waals surface area contributed by atoms with Crippen molar-refractivity contribution < 1.29 is 4.39 Å². The van der Waals surface area contributed by atoms with Gasteiger partial charge in [0, 0.05) is 18.7 Å². The summed E-state index contributed by atoms with van der Waals surface area (Å²) in [5.74, 6) is 1.41. The third-order valence-electron chi connectivity index (χ3n) is 3.76. The first kappa shape index (κ1) is 13.8. The van der Waals surface area contributed by atoms with Gasteiger partial charge in [0.2, 0.25) is 0 Å². The quantitative estimate of drug-likeness (QED) is 0.882. The Morgan fingerprint density at radius 1 is 1.05 bits per heavy atom. The van der Waals surface area contributed by atoms with Gasteiger partial charge in [0.15, 0.2) is 0 Å². The van der Waals surface area contributed by atoms with Gasteiger partial charge in [-0.15, -0.1) is 0 Å². The van der Waals surface area contributed by atoms with Crippen LogP contribution in [0, 0.1) is 5.82 Å². The van der Waals surface area contributed by atoms with Crippen LogP contribution in [0.25, 0.3) is 0 Å². The molecule has 21 heavy (non-hydrogen) atoms. The Hall–Kier alpha value is -2.17. The average molecular weight is 286 g/mol. The zero-order chi connectivity index (χ0) is 14.5. The van der Waals surface area contributed by atoms with Crippen LogP contribution < -0.4 is 10.6 Å². The van der Waals surface area contributed by atoms with Crippen LogP contribution in [0.1, 0.15) is 31.2 Å². The monoisotopic (exact) mass is 286 g/mol. The predicted molar refractivity (Wildman–Crippen MR) is 81.6 cm³/mol. The van der Waals surface area contributed by atoms with Crippen molar-refractivity contribution in [1.29, 1.82) is 0 Å². The van der Waals surface area contributed by atoms with E-state index in [1.165, 1.54) is 37.8 Å². The highest BCUT2D eigenvalue weighted by Gasteiger charge is 2.14. The topological polar surface area (TPSA) is 49.8 Å². The summed E-state index contributed by atoms with van der Waals surface area (Å²) < 4.78 is 12.8. The van der Waals surface area contributed by atoms with Gasteiger partial charge in [-0.3, -0.25) is 0 Å². The normalized spacial score (nSPS) is 15.1. The number of nitrogens with zero attached hydrogens (tertiary/aromatic N) is 2. The van der Waals surface area contributed by atoms with Crippen molar-refractivity contribution in [3.05, 3.63) is 48.0 Å². The van der Waals surface area contributed by atoms with Gasteiger partial charge in [-0.05, 0) is 30.5 Å². The Labute approximate surface area is 123 Å². The molecule has 1 aromatic carbocycles. The van der Waals surface area contributed by atoms with Crippen LogP contribution in [-0.4, -0.2) is 16.0 Å². The third kappa shape index (κ3) is 3.90. The molecule has 0 bridgehead atoms. The Morgan fingerprint density at radius 2 is 1.76 bits per heavy atom. The van der Waals surface area contributed by atoms with Gasteiger partial charge in [-0.1, -0.05) is 25.0 Å². The summed E-state index contributed by atoms with van der Waals surface area (Å²) in [5.41, 5.74) is 1.01. The summed E-state index contributed by atoms with van der Waals surface area (Å²) in [6.07, 6.45) is 6.56. The smallest absolute Gasteiger partial charge is 0.131 e. The highest BCUT2D eigenvalue weighted by Crippen LogP contribution is 2.22. The average Bonchev–Trinajstić information content (AvgIpc) is 3.00. The lowest BCUT2D eigenvalue weighted by Crippen LogP contribution is -2.15. The van der Waals surface area contributed by atoms with Gasteiger partial charge in [0.25, 0.3) is 0 Å².